The van der Waals surface area contributed by atoms with Gasteiger partial charge >= 0.3 is 0 Å². The molecular formula is C14H21F2N3. The van der Waals surface area contributed by atoms with Gasteiger partial charge in [0.2, 0.25) is 0 Å². The molecule has 0 aromatic heterocycles. The van der Waals surface area contributed by atoms with Crippen LogP contribution < -0.4 is 5.73 Å². The molecule has 0 spiro atoms. The Morgan fingerprint density at radius 1 is 1.37 bits per heavy atom. The molecule has 1 aromatic carbocycles. The first kappa shape index (κ1) is 14.4. The number of rotatable bonds is 3. The standard InChI is InChI=1S/C14H21F2N3/c1-10-8-19(6-5-18(10)2)9-14(17)12-7-11(15)3-4-13(12)16/h3-4,7,10,14H,5-6,8-9,17H2,1-2H3. The lowest BCUT2D eigenvalue weighted by molar-refractivity contribution is 0.100. The first-order valence-corrected chi connectivity index (χ1v) is 6.60. The normalized spacial score (nSPS) is 23.5. The molecule has 0 saturated carbocycles. The molecule has 0 bridgehead atoms. The maximum absolute atomic E-state index is 13.6. The monoisotopic (exact) mass is 269 g/mol. The predicted octanol–water partition coefficient (Wildman–Crippen LogP) is 1.60. The molecule has 0 radical (unpaired) electrons. The lowest BCUT2D eigenvalue weighted by atomic mass is 10.1. The molecule has 1 saturated heterocycles. The molecule has 2 rings (SSSR count). The highest BCUT2D eigenvalue weighted by molar-refractivity contribution is 5.22. The van der Waals surface area contributed by atoms with Crippen molar-refractivity contribution in [1.29, 1.82) is 0 Å². The van der Waals surface area contributed by atoms with Gasteiger partial charge in [0.1, 0.15) is 11.6 Å². The van der Waals surface area contributed by atoms with Gasteiger partial charge in [-0.15, -0.1) is 0 Å². The minimum Gasteiger partial charge on any atom is -0.323 e. The molecule has 2 atom stereocenters. The number of halogens is 2. The average Bonchev–Trinajstić information content (AvgIpc) is 2.36. The van der Waals surface area contributed by atoms with E-state index in [2.05, 4.69) is 23.8 Å². The summed E-state index contributed by atoms with van der Waals surface area (Å²) in [4.78, 5) is 4.49. The summed E-state index contributed by atoms with van der Waals surface area (Å²) in [5.74, 6) is -0.880. The van der Waals surface area contributed by atoms with Crippen LogP contribution in [0.4, 0.5) is 8.78 Å². The number of likely N-dealkylation sites (N-methyl/N-ethyl adjacent to an activating group) is 1. The average molecular weight is 269 g/mol. The second-order valence-electron chi connectivity index (χ2n) is 5.36. The molecule has 1 aliphatic heterocycles. The molecular weight excluding hydrogens is 248 g/mol. The van der Waals surface area contributed by atoms with Crippen LogP contribution >= 0.6 is 0 Å². The number of benzene rings is 1. The highest BCUT2D eigenvalue weighted by Crippen LogP contribution is 2.19. The van der Waals surface area contributed by atoms with E-state index in [0.29, 0.717) is 12.6 Å². The molecule has 1 aliphatic rings. The third-order valence-corrected chi connectivity index (χ3v) is 3.86. The maximum Gasteiger partial charge on any atom is 0.128 e. The first-order valence-electron chi connectivity index (χ1n) is 6.60. The van der Waals surface area contributed by atoms with Gasteiger partial charge in [-0.25, -0.2) is 8.78 Å². The van der Waals surface area contributed by atoms with Crippen LogP contribution in [0.2, 0.25) is 0 Å². The molecule has 1 heterocycles. The van der Waals surface area contributed by atoms with Crippen molar-refractivity contribution >= 4 is 0 Å². The van der Waals surface area contributed by atoms with Crippen LogP contribution in [0.5, 0.6) is 0 Å². The molecule has 106 valence electrons. The maximum atomic E-state index is 13.6. The van der Waals surface area contributed by atoms with Crippen molar-refractivity contribution in [1.82, 2.24) is 9.80 Å². The number of hydrogen-bond donors (Lipinski definition) is 1. The molecule has 0 amide bonds. The van der Waals surface area contributed by atoms with Gasteiger partial charge in [0, 0.05) is 43.8 Å². The predicted molar refractivity (Wildman–Crippen MR) is 71.8 cm³/mol. The zero-order chi connectivity index (χ0) is 14.0. The van der Waals surface area contributed by atoms with Crippen molar-refractivity contribution in [3.63, 3.8) is 0 Å². The fraction of sp³-hybridized carbons (Fsp3) is 0.571. The summed E-state index contributed by atoms with van der Waals surface area (Å²) in [7, 11) is 2.09. The lowest BCUT2D eigenvalue weighted by Crippen LogP contribution is -2.51. The molecule has 2 N–H and O–H groups in total. The Kier molecular flexibility index (Phi) is 4.50. The largest absolute Gasteiger partial charge is 0.323 e. The third-order valence-electron chi connectivity index (χ3n) is 3.86. The Bertz CT molecular complexity index is 439. The fourth-order valence-corrected chi connectivity index (χ4v) is 2.46. The van der Waals surface area contributed by atoms with Crippen molar-refractivity contribution < 1.29 is 8.78 Å². The molecule has 5 heteroatoms. The van der Waals surface area contributed by atoms with E-state index in [1.54, 1.807) is 0 Å². The SMILES string of the molecule is CC1CN(CC(N)c2cc(F)ccc2F)CCN1C. The lowest BCUT2D eigenvalue weighted by Gasteiger charge is -2.38. The van der Waals surface area contributed by atoms with Gasteiger partial charge in [-0.05, 0) is 32.2 Å². The summed E-state index contributed by atoms with van der Waals surface area (Å²) in [6.45, 7) is 5.49. The molecule has 3 nitrogen and oxygen atoms in total. The van der Waals surface area contributed by atoms with E-state index < -0.39 is 17.7 Å². The third kappa shape index (κ3) is 3.49. The van der Waals surface area contributed by atoms with Crippen LogP contribution in [-0.2, 0) is 0 Å². The van der Waals surface area contributed by atoms with E-state index in [1.165, 1.54) is 6.07 Å². The number of nitrogens with zero attached hydrogens (tertiary/aromatic N) is 2. The van der Waals surface area contributed by atoms with Crippen LogP contribution in [0.1, 0.15) is 18.5 Å². The molecule has 19 heavy (non-hydrogen) atoms. The number of hydrogen-bond acceptors (Lipinski definition) is 3. The summed E-state index contributed by atoms with van der Waals surface area (Å²) >= 11 is 0. The molecule has 1 fully saturated rings. The molecule has 1 aromatic rings. The van der Waals surface area contributed by atoms with Crippen LogP contribution in [0.3, 0.4) is 0 Å². The van der Waals surface area contributed by atoms with E-state index in [-0.39, 0.29) is 5.56 Å². The second-order valence-corrected chi connectivity index (χ2v) is 5.36. The van der Waals surface area contributed by atoms with Gasteiger partial charge in [0.25, 0.3) is 0 Å². The Balaban J connectivity index is 2.01. The van der Waals surface area contributed by atoms with Crippen LogP contribution in [0.15, 0.2) is 18.2 Å². The van der Waals surface area contributed by atoms with Crippen LogP contribution in [-0.4, -0.2) is 49.1 Å². The van der Waals surface area contributed by atoms with Gasteiger partial charge in [0.05, 0.1) is 0 Å². The molecule has 0 aliphatic carbocycles. The van der Waals surface area contributed by atoms with Crippen molar-refractivity contribution in [2.24, 2.45) is 5.73 Å². The Hall–Kier alpha value is -1.04. The van der Waals surface area contributed by atoms with Gasteiger partial charge in [-0.2, -0.15) is 0 Å². The number of piperazine rings is 1. The van der Waals surface area contributed by atoms with Crippen LogP contribution in [0.25, 0.3) is 0 Å². The second kappa shape index (κ2) is 5.94. The Labute approximate surface area is 113 Å². The topological polar surface area (TPSA) is 32.5 Å². The summed E-state index contributed by atoms with van der Waals surface area (Å²) in [5.41, 5.74) is 6.27. The summed E-state index contributed by atoms with van der Waals surface area (Å²) in [5, 5.41) is 0. The summed E-state index contributed by atoms with van der Waals surface area (Å²) < 4.78 is 26.8. The highest BCUT2D eigenvalue weighted by atomic mass is 19.1. The Morgan fingerprint density at radius 3 is 2.79 bits per heavy atom. The van der Waals surface area contributed by atoms with Gasteiger partial charge in [-0.1, -0.05) is 0 Å². The van der Waals surface area contributed by atoms with Crippen molar-refractivity contribution in [2.45, 2.75) is 19.0 Å². The highest BCUT2D eigenvalue weighted by Gasteiger charge is 2.23. The first-order chi connectivity index (χ1) is 8.97. The quantitative estimate of drug-likeness (QED) is 0.904. The van der Waals surface area contributed by atoms with E-state index in [0.717, 1.165) is 31.8 Å². The molecule has 2 unspecified atom stereocenters. The fourth-order valence-electron chi connectivity index (χ4n) is 2.46. The van der Waals surface area contributed by atoms with E-state index >= 15 is 0 Å². The smallest absolute Gasteiger partial charge is 0.128 e. The number of nitrogens with two attached hydrogens (primary N) is 1. The van der Waals surface area contributed by atoms with E-state index in [4.69, 9.17) is 5.73 Å². The van der Waals surface area contributed by atoms with Gasteiger partial charge in [-0.3, -0.25) is 4.90 Å². The van der Waals surface area contributed by atoms with Crippen molar-refractivity contribution in [2.75, 3.05) is 33.2 Å². The van der Waals surface area contributed by atoms with Crippen molar-refractivity contribution in [3.8, 4) is 0 Å². The van der Waals surface area contributed by atoms with E-state index in [1.807, 2.05) is 0 Å². The van der Waals surface area contributed by atoms with Gasteiger partial charge in [0.15, 0.2) is 0 Å². The minimum absolute atomic E-state index is 0.256. The van der Waals surface area contributed by atoms with Gasteiger partial charge < -0.3 is 10.6 Å². The minimum atomic E-state index is -0.494. The van der Waals surface area contributed by atoms with Crippen molar-refractivity contribution in [3.05, 3.63) is 35.4 Å². The Morgan fingerprint density at radius 2 is 2.11 bits per heavy atom. The van der Waals surface area contributed by atoms with E-state index in [9.17, 15) is 8.78 Å². The van der Waals surface area contributed by atoms with Crippen LogP contribution in [0, 0.1) is 11.6 Å². The zero-order valence-corrected chi connectivity index (χ0v) is 11.4. The zero-order valence-electron chi connectivity index (χ0n) is 11.4. The summed E-state index contributed by atoms with van der Waals surface area (Å²) in [6, 6.07) is 3.41. The summed E-state index contributed by atoms with van der Waals surface area (Å²) in [6.07, 6.45) is 0.